The van der Waals surface area contributed by atoms with Crippen LogP contribution in [0.25, 0.3) is 0 Å². The van der Waals surface area contributed by atoms with Crippen molar-refractivity contribution in [3.63, 3.8) is 0 Å². The molecular weight excluding hydrogens is 222 g/mol. The lowest BCUT2D eigenvalue weighted by atomic mass is 9.98. The molecule has 1 heterocycles. The lowest BCUT2D eigenvalue weighted by molar-refractivity contribution is 0.185. The lowest BCUT2D eigenvalue weighted by Gasteiger charge is -2.31. The van der Waals surface area contributed by atoms with Crippen molar-refractivity contribution in [2.75, 3.05) is 24.6 Å². The number of likely N-dealkylation sites (tertiary alicyclic amines) is 1. The summed E-state index contributed by atoms with van der Waals surface area (Å²) < 4.78 is 23.3. The van der Waals surface area contributed by atoms with Gasteiger partial charge in [0.2, 0.25) is 0 Å². The highest BCUT2D eigenvalue weighted by atomic mass is 32.2. The fraction of sp³-hybridized carbons (Fsp3) is 1.00. The molecule has 0 aromatic rings. The molecule has 1 saturated heterocycles. The van der Waals surface area contributed by atoms with Gasteiger partial charge in [-0.15, -0.1) is 0 Å². The van der Waals surface area contributed by atoms with E-state index in [4.69, 9.17) is 0 Å². The Kier molecular flexibility index (Phi) is 4.41. The molecule has 0 aliphatic carbocycles. The van der Waals surface area contributed by atoms with E-state index in [9.17, 15) is 8.42 Å². The van der Waals surface area contributed by atoms with Gasteiger partial charge in [-0.1, -0.05) is 13.8 Å². The fourth-order valence-electron chi connectivity index (χ4n) is 2.73. The maximum atomic E-state index is 11.7. The second kappa shape index (κ2) is 5.05. The van der Waals surface area contributed by atoms with Crippen molar-refractivity contribution in [1.82, 2.24) is 4.90 Å². The Hall–Kier alpha value is -0.0900. The molecule has 1 aliphatic heterocycles. The third-order valence-corrected chi connectivity index (χ3v) is 5.26. The van der Waals surface area contributed by atoms with Gasteiger partial charge in [-0.25, -0.2) is 8.42 Å². The van der Waals surface area contributed by atoms with Gasteiger partial charge in [-0.05, 0) is 32.6 Å². The molecular formula is C12H25NO2S. The first-order valence-corrected chi connectivity index (χ1v) is 8.04. The van der Waals surface area contributed by atoms with E-state index in [0.29, 0.717) is 24.0 Å². The standard InChI is InChI=1S/C12H25NO2S/c1-5-7-16(14,15)8-6-13-10-11(2)9-12(13,3)4/h11H,5-10H2,1-4H3/t11-/m0/s1. The third-order valence-electron chi connectivity index (χ3n) is 3.42. The van der Waals surface area contributed by atoms with E-state index in [1.807, 2.05) is 6.92 Å². The Morgan fingerprint density at radius 3 is 2.38 bits per heavy atom. The molecule has 0 amide bonds. The summed E-state index contributed by atoms with van der Waals surface area (Å²) in [5.74, 6) is 1.33. The zero-order chi connectivity index (χ0) is 12.4. The van der Waals surface area contributed by atoms with Crippen LogP contribution in [-0.4, -0.2) is 43.5 Å². The average molecular weight is 247 g/mol. The molecule has 1 atom stereocenters. The summed E-state index contributed by atoms with van der Waals surface area (Å²) >= 11 is 0. The first-order chi connectivity index (χ1) is 7.27. The van der Waals surface area contributed by atoms with E-state index in [1.54, 1.807) is 0 Å². The number of sulfone groups is 1. The highest BCUT2D eigenvalue weighted by molar-refractivity contribution is 7.91. The Bertz CT molecular complexity index is 322. The summed E-state index contributed by atoms with van der Waals surface area (Å²) in [7, 11) is -2.83. The van der Waals surface area contributed by atoms with Gasteiger partial charge in [-0.3, -0.25) is 4.90 Å². The van der Waals surface area contributed by atoms with Gasteiger partial charge in [0.25, 0.3) is 0 Å². The normalized spacial score (nSPS) is 26.1. The first-order valence-electron chi connectivity index (χ1n) is 6.22. The number of rotatable bonds is 5. The molecule has 16 heavy (non-hydrogen) atoms. The zero-order valence-corrected chi connectivity index (χ0v) is 11.8. The molecule has 1 aliphatic rings. The van der Waals surface area contributed by atoms with Crippen LogP contribution in [0.2, 0.25) is 0 Å². The number of hydrogen-bond acceptors (Lipinski definition) is 3. The Labute approximate surface area is 100 Å². The van der Waals surface area contributed by atoms with Gasteiger partial charge in [0.05, 0.1) is 5.75 Å². The SMILES string of the molecule is CCCS(=O)(=O)CCN1C[C@@H](C)CC1(C)C. The summed E-state index contributed by atoms with van der Waals surface area (Å²) in [5, 5.41) is 0. The van der Waals surface area contributed by atoms with Crippen molar-refractivity contribution < 1.29 is 8.42 Å². The largest absolute Gasteiger partial charge is 0.297 e. The van der Waals surface area contributed by atoms with Crippen LogP contribution < -0.4 is 0 Å². The molecule has 0 radical (unpaired) electrons. The van der Waals surface area contributed by atoms with Gasteiger partial charge in [0, 0.05) is 24.4 Å². The molecule has 0 bridgehead atoms. The van der Waals surface area contributed by atoms with Crippen LogP contribution in [0.1, 0.15) is 40.5 Å². The van der Waals surface area contributed by atoms with Crippen molar-refractivity contribution in [2.24, 2.45) is 5.92 Å². The van der Waals surface area contributed by atoms with Crippen molar-refractivity contribution in [1.29, 1.82) is 0 Å². The van der Waals surface area contributed by atoms with Crippen molar-refractivity contribution in [3.8, 4) is 0 Å². The molecule has 96 valence electrons. The van der Waals surface area contributed by atoms with Crippen LogP contribution in [0.5, 0.6) is 0 Å². The highest BCUT2D eigenvalue weighted by Gasteiger charge is 2.36. The van der Waals surface area contributed by atoms with Gasteiger partial charge in [0.1, 0.15) is 0 Å². The van der Waals surface area contributed by atoms with Gasteiger partial charge in [0.15, 0.2) is 9.84 Å². The molecule has 4 heteroatoms. The van der Waals surface area contributed by atoms with E-state index in [1.165, 1.54) is 6.42 Å². The molecule has 3 nitrogen and oxygen atoms in total. The molecule has 0 aromatic heterocycles. The minimum atomic E-state index is -2.83. The Morgan fingerprint density at radius 1 is 1.31 bits per heavy atom. The predicted molar refractivity (Wildman–Crippen MR) is 68.4 cm³/mol. The van der Waals surface area contributed by atoms with E-state index >= 15 is 0 Å². The van der Waals surface area contributed by atoms with Crippen molar-refractivity contribution in [3.05, 3.63) is 0 Å². The van der Waals surface area contributed by atoms with Crippen LogP contribution in [0.3, 0.4) is 0 Å². The second-order valence-electron chi connectivity index (χ2n) is 5.72. The first kappa shape index (κ1) is 14.0. The number of nitrogens with zero attached hydrogens (tertiary/aromatic N) is 1. The smallest absolute Gasteiger partial charge is 0.151 e. The molecule has 0 N–H and O–H groups in total. The summed E-state index contributed by atoms with van der Waals surface area (Å²) in [6.45, 7) is 10.3. The minimum Gasteiger partial charge on any atom is -0.297 e. The molecule has 0 spiro atoms. The van der Waals surface area contributed by atoms with Gasteiger partial charge < -0.3 is 0 Å². The van der Waals surface area contributed by atoms with Gasteiger partial charge in [-0.2, -0.15) is 0 Å². The monoisotopic (exact) mass is 247 g/mol. The van der Waals surface area contributed by atoms with Crippen LogP contribution in [0.15, 0.2) is 0 Å². The molecule has 1 rings (SSSR count). The van der Waals surface area contributed by atoms with E-state index in [2.05, 4.69) is 25.7 Å². The zero-order valence-electron chi connectivity index (χ0n) is 11.0. The molecule has 0 unspecified atom stereocenters. The van der Waals surface area contributed by atoms with Crippen LogP contribution >= 0.6 is 0 Å². The van der Waals surface area contributed by atoms with Crippen LogP contribution in [0, 0.1) is 5.92 Å². The average Bonchev–Trinajstić information content (AvgIpc) is 2.35. The van der Waals surface area contributed by atoms with Crippen molar-refractivity contribution >= 4 is 9.84 Å². The van der Waals surface area contributed by atoms with Crippen LogP contribution in [0.4, 0.5) is 0 Å². The summed E-state index contributed by atoms with van der Waals surface area (Å²) in [6, 6.07) is 0. The fourth-order valence-corrected chi connectivity index (χ4v) is 4.05. The predicted octanol–water partition coefficient (Wildman–Crippen LogP) is 1.93. The lowest BCUT2D eigenvalue weighted by Crippen LogP contribution is -2.41. The minimum absolute atomic E-state index is 0.168. The third kappa shape index (κ3) is 3.74. The van der Waals surface area contributed by atoms with E-state index in [-0.39, 0.29) is 5.54 Å². The van der Waals surface area contributed by atoms with E-state index in [0.717, 1.165) is 13.0 Å². The Morgan fingerprint density at radius 2 is 1.94 bits per heavy atom. The van der Waals surface area contributed by atoms with Crippen molar-refractivity contribution in [2.45, 2.75) is 46.1 Å². The quantitative estimate of drug-likeness (QED) is 0.745. The topological polar surface area (TPSA) is 37.4 Å². The maximum absolute atomic E-state index is 11.7. The molecule has 0 saturated carbocycles. The summed E-state index contributed by atoms with van der Waals surface area (Å²) in [4.78, 5) is 2.32. The number of hydrogen-bond donors (Lipinski definition) is 0. The summed E-state index contributed by atoms with van der Waals surface area (Å²) in [6.07, 6.45) is 1.89. The van der Waals surface area contributed by atoms with Gasteiger partial charge >= 0.3 is 0 Å². The molecule has 1 fully saturated rings. The maximum Gasteiger partial charge on any atom is 0.151 e. The highest BCUT2D eigenvalue weighted by Crippen LogP contribution is 2.31. The van der Waals surface area contributed by atoms with Crippen LogP contribution in [-0.2, 0) is 9.84 Å². The molecule has 0 aromatic carbocycles. The van der Waals surface area contributed by atoms with E-state index < -0.39 is 9.84 Å². The summed E-state index contributed by atoms with van der Waals surface area (Å²) in [5.41, 5.74) is 0.168. The second-order valence-corrected chi connectivity index (χ2v) is 8.02. The Balaban J connectivity index is 2.50.